The second-order valence-electron chi connectivity index (χ2n) is 7.36. The summed E-state index contributed by atoms with van der Waals surface area (Å²) in [6.07, 6.45) is 0.645. The molecule has 0 aliphatic heterocycles. The number of nitro benzene ring substituents is 1. The van der Waals surface area contributed by atoms with E-state index in [9.17, 15) is 19.7 Å². The minimum Gasteiger partial charge on any atom is -0.352 e. The fraction of sp³-hybridized carbons (Fsp3) is 0.333. The summed E-state index contributed by atoms with van der Waals surface area (Å²) >= 11 is 9.42. The fourth-order valence-corrected chi connectivity index (χ4v) is 3.44. The van der Waals surface area contributed by atoms with Gasteiger partial charge in [0.2, 0.25) is 5.91 Å². The average molecular weight is 497 g/mol. The van der Waals surface area contributed by atoms with Crippen molar-refractivity contribution < 1.29 is 14.5 Å². The molecule has 0 aliphatic carbocycles. The third kappa shape index (κ3) is 6.53. The number of nitrogens with one attached hydrogen (secondary N) is 2. The number of nitro groups is 1. The second kappa shape index (κ2) is 10.5. The monoisotopic (exact) mass is 495 g/mol. The third-order valence-corrected chi connectivity index (χ3v) is 5.33. The number of amides is 2. The van der Waals surface area contributed by atoms with Crippen LogP contribution in [0.3, 0.4) is 0 Å². The van der Waals surface area contributed by atoms with Crippen molar-refractivity contribution in [2.24, 2.45) is 5.92 Å². The summed E-state index contributed by atoms with van der Waals surface area (Å²) in [6, 6.07) is 10.5. The number of halogens is 2. The zero-order valence-corrected chi connectivity index (χ0v) is 19.2. The first-order valence-corrected chi connectivity index (χ1v) is 10.5. The van der Waals surface area contributed by atoms with Gasteiger partial charge < -0.3 is 10.6 Å². The molecule has 2 unspecified atom stereocenters. The number of carbonyl (C=O) groups excluding carboxylic acids is 2. The molecule has 0 saturated heterocycles. The summed E-state index contributed by atoms with van der Waals surface area (Å²) in [7, 11) is 0. The predicted molar refractivity (Wildman–Crippen MR) is 120 cm³/mol. The van der Waals surface area contributed by atoms with Crippen LogP contribution in [-0.2, 0) is 11.2 Å². The van der Waals surface area contributed by atoms with E-state index in [4.69, 9.17) is 11.6 Å². The molecular weight excluding hydrogens is 474 g/mol. The van der Waals surface area contributed by atoms with Crippen molar-refractivity contribution >= 4 is 45.0 Å². The largest absolute Gasteiger partial charge is 0.352 e. The molecule has 0 radical (unpaired) electrons. The molecule has 0 aromatic heterocycles. The highest BCUT2D eigenvalue weighted by Crippen LogP contribution is 2.22. The molecule has 2 atom stereocenters. The predicted octanol–water partition coefficient (Wildman–Crippen LogP) is 4.51. The molecule has 7 nitrogen and oxygen atoms in total. The number of benzene rings is 2. The van der Waals surface area contributed by atoms with Crippen LogP contribution in [0.1, 0.15) is 36.7 Å². The third-order valence-electron chi connectivity index (χ3n) is 4.49. The summed E-state index contributed by atoms with van der Waals surface area (Å²) in [6.45, 7) is 5.54. The Kier molecular flexibility index (Phi) is 8.37. The van der Waals surface area contributed by atoms with Gasteiger partial charge in [0.25, 0.3) is 11.6 Å². The second-order valence-corrected chi connectivity index (χ2v) is 8.68. The van der Waals surface area contributed by atoms with E-state index in [1.807, 2.05) is 45.0 Å². The summed E-state index contributed by atoms with van der Waals surface area (Å²) in [4.78, 5) is 35.6. The molecule has 0 saturated carbocycles. The molecule has 9 heteroatoms. The molecule has 30 heavy (non-hydrogen) atoms. The SMILES string of the molecule is CC(Cc1ccc(Br)cc1)NC(=O)C(NC(=O)c1ccc([N+](=O)[O-])cc1Cl)C(C)C. The number of hydrogen-bond acceptors (Lipinski definition) is 4. The quantitative estimate of drug-likeness (QED) is 0.414. The molecule has 2 rings (SSSR count). The highest BCUT2D eigenvalue weighted by atomic mass is 79.9. The first-order chi connectivity index (χ1) is 14.1. The minimum atomic E-state index is -0.781. The summed E-state index contributed by atoms with van der Waals surface area (Å²) in [5.41, 5.74) is 0.939. The molecule has 0 fully saturated rings. The molecule has 2 amide bonds. The summed E-state index contributed by atoms with van der Waals surface area (Å²) in [5, 5.41) is 16.4. The molecule has 160 valence electrons. The summed E-state index contributed by atoms with van der Waals surface area (Å²) < 4.78 is 0.982. The van der Waals surface area contributed by atoms with Crippen LogP contribution in [-0.4, -0.2) is 28.8 Å². The Bertz CT molecular complexity index is 934. The van der Waals surface area contributed by atoms with Gasteiger partial charge in [-0.15, -0.1) is 0 Å². The average Bonchev–Trinajstić information content (AvgIpc) is 2.67. The van der Waals surface area contributed by atoms with Crippen molar-refractivity contribution in [1.29, 1.82) is 0 Å². The van der Waals surface area contributed by atoms with Crippen LogP contribution in [0.2, 0.25) is 5.02 Å². The highest BCUT2D eigenvalue weighted by molar-refractivity contribution is 9.10. The van der Waals surface area contributed by atoms with Crippen molar-refractivity contribution in [2.45, 2.75) is 39.3 Å². The smallest absolute Gasteiger partial charge is 0.270 e. The van der Waals surface area contributed by atoms with Gasteiger partial charge in [0, 0.05) is 22.6 Å². The number of hydrogen-bond donors (Lipinski definition) is 2. The topological polar surface area (TPSA) is 101 Å². The van der Waals surface area contributed by atoms with Crippen LogP contribution in [0.25, 0.3) is 0 Å². The fourth-order valence-electron chi connectivity index (χ4n) is 2.91. The van der Waals surface area contributed by atoms with Gasteiger partial charge in [-0.25, -0.2) is 0 Å². The van der Waals surface area contributed by atoms with E-state index in [2.05, 4.69) is 26.6 Å². The van der Waals surface area contributed by atoms with Gasteiger partial charge in [0.15, 0.2) is 0 Å². The number of nitrogens with zero attached hydrogens (tertiary/aromatic N) is 1. The van der Waals surface area contributed by atoms with Crippen molar-refractivity contribution in [1.82, 2.24) is 10.6 Å². The lowest BCUT2D eigenvalue weighted by molar-refractivity contribution is -0.384. The van der Waals surface area contributed by atoms with E-state index in [0.717, 1.165) is 16.1 Å². The van der Waals surface area contributed by atoms with Crippen LogP contribution in [0.15, 0.2) is 46.9 Å². The summed E-state index contributed by atoms with van der Waals surface area (Å²) in [5.74, 6) is -1.05. The molecule has 0 spiro atoms. The van der Waals surface area contributed by atoms with Crippen molar-refractivity contribution in [2.75, 3.05) is 0 Å². The highest BCUT2D eigenvalue weighted by Gasteiger charge is 2.27. The van der Waals surface area contributed by atoms with Gasteiger partial charge in [-0.3, -0.25) is 19.7 Å². The lowest BCUT2D eigenvalue weighted by Gasteiger charge is -2.24. The Labute approximate surface area is 188 Å². The molecule has 0 heterocycles. The van der Waals surface area contributed by atoms with Crippen molar-refractivity contribution in [3.05, 3.63) is 73.2 Å². The Balaban J connectivity index is 2.05. The van der Waals surface area contributed by atoms with E-state index < -0.39 is 16.9 Å². The van der Waals surface area contributed by atoms with Gasteiger partial charge in [-0.2, -0.15) is 0 Å². The maximum absolute atomic E-state index is 12.8. The number of non-ortho nitro benzene ring substituents is 1. The van der Waals surface area contributed by atoms with E-state index in [1.165, 1.54) is 12.1 Å². The van der Waals surface area contributed by atoms with Crippen molar-refractivity contribution in [3.8, 4) is 0 Å². The molecule has 2 N–H and O–H groups in total. The first kappa shape index (κ1) is 23.8. The lowest BCUT2D eigenvalue weighted by Crippen LogP contribution is -2.52. The van der Waals surface area contributed by atoms with Crippen LogP contribution < -0.4 is 10.6 Å². The van der Waals surface area contributed by atoms with Gasteiger partial charge >= 0.3 is 0 Å². The molecule has 0 aliphatic rings. The van der Waals surface area contributed by atoms with Crippen LogP contribution in [0.5, 0.6) is 0 Å². The van der Waals surface area contributed by atoms with E-state index in [1.54, 1.807) is 0 Å². The van der Waals surface area contributed by atoms with Gasteiger partial charge in [-0.1, -0.05) is 53.5 Å². The molecule has 0 bridgehead atoms. The van der Waals surface area contributed by atoms with E-state index >= 15 is 0 Å². The molecular formula is C21H23BrClN3O4. The van der Waals surface area contributed by atoms with Crippen molar-refractivity contribution in [3.63, 3.8) is 0 Å². The van der Waals surface area contributed by atoms with Gasteiger partial charge in [-0.05, 0) is 43.0 Å². The Morgan fingerprint density at radius 1 is 1.10 bits per heavy atom. The zero-order chi connectivity index (χ0) is 22.4. The van der Waals surface area contributed by atoms with Crippen LogP contribution in [0.4, 0.5) is 5.69 Å². The lowest BCUT2D eigenvalue weighted by atomic mass is 10.0. The van der Waals surface area contributed by atoms with E-state index in [-0.39, 0.29) is 34.1 Å². The van der Waals surface area contributed by atoms with E-state index in [0.29, 0.717) is 6.42 Å². The maximum Gasteiger partial charge on any atom is 0.270 e. The standard InChI is InChI=1S/C21H23BrClN3O4/c1-12(2)19(21(28)24-13(3)10-14-4-6-15(22)7-5-14)25-20(27)17-9-8-16(26(29)30)11-18(17)23/h4-9,11-13,19H,10H2,1-3H3,(H,24,28)(H,25,27). The first-order valence-electron chi connectivity index (χ1n) is 9.38. The van der Waals surface area contributed by atoms with Gasteiger partial charge in [0.1, 0.15) is 6.04 Å². The van der Waals surface area contributed by atoms with Gasteiger partial charge in [0.05, 0.1) is 15.5 Å². The molecule has 2 aromatic carbocycles. The Morgan fingerprint density at radius 3 is 2.27 bits per heavy atom. The maximum atomic E-state index is 12.8. The van der Waals surface area contributed by atoms with Crippen LogP contribution >= 0.6 is 27.5 Å². The Hall–Kier alpha value is -2.45. The normalized spacial score (nSPS) is 12.9. The Morgan fingerprint density at radius 2 is 1.73 bits per heavy atom. The number of rotatable bonds is 8. The molecule has 2 aromatic rings. The zero-order valence-electron chi connectivity index (χ0n) is 16.8. The number of carbonyl (C=O) groups is 2. The minimum absolute atomic E-state index is 0.0479. The van der Waals surface area contributed by atoms with Crippen LogP contribution in [0, 0.1) is 16.0 Å².